The summed E-state index contributed by atoms with van der Waals surface area (Å²) >= 11 is 11.6. The maximum atomic E-state index is 13.5. The summed E-state index contributed by atoms with van der Waals surface area (Å²) < 4.78 is 18.3. The molecule has 0 aliphatic carbocycles. The first-order valence-corrected chi connectivity index (χ1v) is 6.12. The van der Waals surface area contributed by atoms with Crippen LogP contribution >= 0.6 is 23.2 Å². The van der Waals surface area contributed by atoms with Crippen molar-refractivity contribution in [3.63, 3.8) is 0 Å². The predicted molar refractivity (Wildman–Crippen MR) is 72.8 cm³/mol. The summed E-state index contributed by atoms with van der Waals surface area (Å²) in [5, 5.41) is 0.639. The van der Waals surface area contributed by atoms with Gasteiger partial charge in [0.1, 0.15) is 0 Å². The van der Waals surface area contributed by atoms with Gasteiger partial charge in [-0.1, -0.05) is 23.2 Å². The molecule has 0 spiro atoms. The van der Waals surface area contributed by atoms with E-state index in [0.717, 1.165) is 6.07 Å². The van der Waals surface area contributed by atoms with Gasteiger partial charge in [-0.2, -0.15) is 0 Å². The fourth-order valence-corrected chi connectivity index (χ4v) is 1.91. The van der Waals surface area contributed by atoms with E-state index in [4.69, 9.17) is 27.9 Å². The van der Waals surface area contributed by atoms with Crippen LogP contribution < -0.4 is 4.74 Å². The van der Waals surface area contributed by atoms with Crippen molar-refractivity contribution < 1.29 is 13.9 Å². The number of rotatable bonds is 3. The third kappa shape index (κ3) is 2.88. The van der Waals surface area contributed by atoms with Crippen molar-refractivity contribution in [2.45, 2.75) is 0 Å². The summed E-state index contributed by atoms with van der Waals surface area (Å²) in [6, 6.07) is 8.54. The second kappa shape index (κ2) is 5.59. The number of hydrogen-bond acceptors (Lipinski definition) is 2. The van der Waals surface area contributed by atoms with E-state index in [-0.39, 0.29) is 22.1 Å². The molecule has 0 fully saturated rings. The quantitative estimate of drug-likeness (QED) is 0.787. The first-order valence-electron chi connectivity index (χ1n) is 5.36. The number of methoxy groups -OCH3 is 1. The molecule has 19 heavy (non-hydrogen) atoms. The van der Waals surface area contributed by atoms with Gasteiger partial charge in [0.05, 0.1) is 17.2 Å². The van der Waals surface area contributed by atoms with E-state index in [1.807, 2.05) is 0 Å². The van der Waals surface area contributed by atoms with E-state index in [1.54, 1.807) is 6.07 Å². The van der Waals surface area contributed by atoms with E-state index in [9.17, 15) is 9.18 Å². The molecule has 0 radical (unpaired) electrons. The zero-order valence-electron chi connectivity index (χ0n) is 9.91. The minimum absolute atomic E-state index is 0.0886. The summed E-state index contributed by atoms with van der Waals surface area (Å²) in [5.41, 5.74) is 0.565. The lowest BCUT2D eigenvalue weighted by Gasteiger charge is -2.05. The van der Waals surface area contributed by atoms with E-state index < -0.39 is 5.82 Å². The Morgan fingerprint density at radius 1 is 1.05 bits per heavy atom. The Balaban J connectivity index is 2.38. The molecule has 2 aromatic carbocycles. The normalized spacial score (nSPS) is 10.3. The molecule has 0 heterocycles. The average Bonchev–Trinajstić information content (AvgIpc) is 2.41. The maximum Gasteiger partial charge on any atom is 0.193 e. The highest BCUT2D eigenvalue weighted by molar-refractivity contribution is 6.42. The van der Waals surface area contributed by atoms with Gasteiger partial charge in [0.15, 0.2) is 17.3 Å². The van der Waals surface area contributed by atoms with Crippen LogP contribution in [0.4, 0.5) is 4.39 Å². The molecule has 2 rings (SSSR count). The number of carbonyl (C=O) groups excluding carboxylic acids is 1. The van der Waals surface area contributed by atoms with Crippen LogP contribution in [0.2, 0.25) is 10.0 Å². The molecule has 0 aliphatic rings. The standard InChI is InChI=1S/C14H9Cl2FO2/c1-19-13-5-3-9(7-12(13)17)14(18)8-2-4-10(15)11(16)6-8/h2-7H,1H3. The Morgan fingerprint density at radius 3 is 2.26 bits per heavy atom. The van der Waals surface area contributed by atoms with Gasteiger partial charge in [-0.05, 0) is 36.4 Å². The number of benzene rings is 2. The van der Waals surface area contributed by atoms with Crippen LogP contribution in [-0.2, 0) is 0 Å². The molecule has 5 heteroatoms. The largest absolute Gasteiger partial charge is 0.494 e. The lowest BCUT2D eigenvalue weighted by molar-refractivity contribution is 0.103. The van der Waals surface area contributed by atoms with E-state index in [1.165, 1.54) is 31.4 Å². The highest BCUT2D eigenvalue weighted by Gasteiger charge is 2.13. The number of halogens is 3. The van der Waals surface area contributed by atoms with Gasteiger partial charge in [0, 0.05) is 11.1 Å². The van der Waals surface area contributed by atoms with Crippen molar-refractivity contribution in [2.75, 3.05) is 7.11 Å². The van der Waals surface area contributed by atoms with Crippen LogP contribution in [0.15, 0.2) is 36.4 Å². The van der Waals surface area contributed by atoms with Crippen LogP contribution in [0.3, 0.4) is 0 Å². The summed E-state index contributed by atoms with van der Waals surface area (Å²) in [4.78, 5) is 12.2. The lowest BCUT2D eigenvalue weighted by Crippen LogP contribution is -2.02. The van der Waals surface area contributed by atoms with Crippen LogP contribution in [0.5, 0.6) is 5.75 Å². The lowest BCUT2D eigenvalue weighted by atomic mass is 10.0. The summed E-state index contributed by atoms with van der Waals surface area (Å²) in [6.45, 7) is 0. The first-order chi connectivity index (χ1) is 9.02. The molecule has 0 saturated heterocycles. The van der Waals surface area contributed by atoms with Crippen molar-refractivity contribution >= 4 is 29.0 Å². The van der Waals surface area contributed by atoms with Crippen molar-refractivity contribution in [1.29, 1.82) is 0 Å². The highest BCUT2D eigenvalue weighted by atomic mass is 35.5. The third-order valence-electron chi connectivity index (χ3n) is 2.60. The van der Waals surface area contributed by atoms with Gasteiger partial charge < -0.3 is 4.74 Å². The Kier molecular flexibility index (Phi) is 4.08. The fourth-order valence-electron chi connectivity index (χ4n) is 1.61. The van der Waals surface area contributed by atoms with Crippen LogP contribution in [0, 0.1) is 5.82 Å². The zero-order valence-corrected chi connectivity index (χ0v) is 11.4. The summed E-state index contributed by atoms with van der Waals surface area (Å²) in [6.07, 6.45) is 0. The zero-order chi connectivity index (χ0) is 14.0. The Morgan fingerprint density at radius 2 is 1.68 bits per heavy atom. The monoisotopic (exact) mass is 298 g/mol. The minimum atomic E-state index is -0.589. The first kappa shape index (κ1) is 13.8. The SMILES string of the molecule is COc1ccc(C(=O)c2ccc(Cl)c(Cl)c2)cc1F. The molecular formula is C14H9Cl2FO2. The van der Waals surface area contributed by atoms with Gasteiger partial charge in [-0.15, -0.1) is 0 Å². The van der Waals surface area contributed by atoms with Gasteiger partial charge in [-0.3, -0.25) is 4.79 Å². The van der Waals surface area contributed by atoms with Crippen LogP contribution in [-0.4, -0.2) is 12.9 Å². The van der Waals surface area contributed by atoms with Crippen LogP contribution in [0.25, 0.3) is 0 Å². The molecule has 0 aliphatic heterocycles. The number of ketones is 1. The molecule has 98 valence electrons. The number of hydrogen-bond donors (Lipinski definition) is 0. The predicted octanol–water partition coefficient (Wildman–Crippen LogP) is 4.37. The van der Waals surface area contributed by atoms with E-state index in [0.29, 0.717) is 10.6 Å². The van der Waals surface area contributed by atoms with Gasteiger partial charge in [0.25, 0.3) is 0 Å². The number of ether oxygens (including phenoxy) is 1. The molecule has 0 atom stereocenters. The molecular weight excluding hydrogens is 290 g/mol. The topological polar surface area (TPSA) is 26.3 Å². The second-order valence-electron chi connectivity index (χ2n) is 3.81. The van der Waals surface area contributed by atoms with E-state index in [2.05, 4.69) is 0 Å². The Labute approximate surface area is 119 Å². The number of carbonyl (C=O) groups is 1. The molecule has 0 amide bonds. The molecule has 0 saturated carbocycles. The maximum absolute atomic E-state index is 13.5. The minimum Gasteiger partial charge on any atom is -0.494 e. The van der Waals surface area contributed by atoms with Crippen LogP contribution in [0.1, 0.15) is 15.9 Å². The smallest absolute Gasteiger partial charge is 0.193 e. The van der Waals surface area contributed by atoms with Crippen molar-refractivity contribution in [3.05, 3.63) is 63.4 Å². The third-order valence-corrected chi connectivity index (χ3v) is 3.33. The van der Waals surface area contributed by atoms with E-state index >= 15 is 0 Å². The Hall–Kier alpha value is -1.58. The van der Waals surface area contributed by atoms with Gasteiger partial charge >= 0.3 is 0 Å². The van der Waals surface area contributed by atoms with Gasteiger partial charge in [0.2, 0.25) is 0 Å². The molecule has 0 bridgehead atoms. The van der Waals surface area contributed by atoms with Crippen molar-refractivity contribution in [3.8, 4) is 5.75 Å². The van der Waals surface area contributed by atoms with Crippen molar-refractivity contribution in [1.82, 2.24) is 0 Å². The summed E-state index contributed by atoms with van der Waals surface area (Å²) in [5.74, 6) is -0.834. The molecule has 0 N–H and O–H groups in total. The fraction of sp³-hybridized carbons (Fsp3) is 0.0714. The Bertz CT molecular complexity index is 641. The van der Waals surface area contributed by atoms with Crippen molar-refractivity contribution in [2.24, 2.45) is 0 Å². The summed E-state index contributed by atoms with van der Waals surface area (Å²) in [7, 11) is 1.36. The van der Waals surface area contributed by atoms with Gasteiger partial charge in [-0.25, -0.2) is 4.39 Å². The molecule has 2 nitrogen and oxygen atoms in total. The highest BCUT2D eigenvalue weighted by Crippen LogP contribution is 2.25. The molecule has 0 unspecified atom stereocenters. The molecule has 0 aromatic heterocycles. The molecule has 2 aromatic rings. The average molecular weight is 299 g/mol. The second-order valence-corrected chi connectivity index (χ2v) is 4.62.